The number of anilines is 2. The molecule has 13 nitrogen and oxygen atoms in total. The SMILES string of the molecule is CNCC(O)C(O)C(O)C(O)COC(=O)c1cn(-c2nc(N)c(F)cc2F)c2c(Cl)c(N3CC(O)C3)c(F)cc2c1=O. The molecule has 0 spiro atoms. The van der Waals surface area contributed by atoms with Crippen molar-refractivity contribution < 1.29 is 48.2 Å². The highest BCUT2D eigenvalue weighted by Crippen LogP contribution is 2.38. The molecule has 0 bridgehead atoms. The van der Waals surface area contributed by atoms with Gasteiger partial charge in [-0.1, -0.05) is 11.6 Å². The quantitative estimate of drug-likeness (QED) is 0.138. The number of carbonyl (C=O) groups is 1. The van der Waals surface area contributed by atoms with Crippen molar-refractivity contribution in [3.8, 4) is 5.82 Å². The van der Waals surface area contributed by atoms with Gasteiger partial charge in [0.05, 0.1) is 33.8 Å². The van der Waals surface area contributed by atoms with Crippen LogP contribution in [0.2, 0.25) is 5.02 Å². The number of nitrogen functional groups attached to an aromatic ring is 1. The second kappa shape index (κ2) is 12.4. The Morgan fingerprint density at radius 3 is 2.40 bits per heavy atom. The molecule has 2 aromatic heterocycles. The normalized spacial score (nSPS) is 16.7. The van der Waals surface area contributed by atoms with Crippen LogP contribution in [0.1, 0.15) is 10.4 Å². The summed E-state index contributed by atoms with van der Waals surface area (Å²) in [5, 5.41) is 51.3. The van der Waals surface area contributed by atoms with Gasteiger partial charge in [-0.25, -0.2) is 22.9 Å². The van der Waals surface area contributed by atoms with Gasteiger partial charge in [0.1, 0.15) is 36.3 Å². The van der Waals surface area contributed by atoms with E-state index in [2.05, 4.69) is 10.3 Å². The molecule has 42 heavy (non-hydrogen) atoms. The molecule has 1 fully saturated rings. The topological polar surface area (TPSA) is 204 Å². The third kappa shape index (κ3) is 5.87. The molecule has 1 aromatic carbocycles. The van der Waals surface area contributed by atoms with Crippen LogP contribution in [0.15, 0.2) is 23.1 Å². The number of nitrogens with zero attached hydrogens (tertiary/aromatic N) is 3. The standard InChI is InChI=1S/C25H27ClF3N5O8/c1-31-4-15(36)21(39)22(40)16(37)8-42-25(41)11-7-34(24-14(29)3-13(28)23(30)32-24)18-10(20(11)38)2-12(27)19(17(18)26)33-5-9(35)6-33/h2-3,7,9,15-16,21-22,31,35-37,39-40H,4-6,8H2,1H3,(H2,30,32). The lowest BCUT2D eigenvalue weighted by atomic mass is 10.0. The number of carbonyl (C=O) groups excluding carboxylic acids is 1. The zero-order valence-electron chi connectivity index (χ0n) is 21.8. The molecule has 0 saturated carbocycles. The number of benzene rings is 1. The zero-order chi connectivity index (χ0) is 31.0. The molecule has 1 aliphatic heterocycles. The fraction of sp³-hybridized carbons (Fsp3) is 0.400. The Hall–Kier alpha value is -3.51. The summed E-state index contributed by atoms with van der Waals surface area (Å²) in [5.74, 6) is -6.39. The van der Waals surface area contributed by atoms with Crippen LogP contribution in [0.3, 0.4) is 0 Å². The fourth-order valence-corrected chi connectivity index (χ4v) is 4.81. The van der Waals surface area contributed by atoms with Crippen LogP contribution in [-0.2, 0) is 4.74 Å². The first kappa shape index (κ1) is 31.4. The lowest BCUT2D eigenvalue weighted by Gasteiger charge is -2.38. The van der Waals surface area contributed by atoms with E-state index in [0.29, 0.717) is 6.07 Å². The van der Waals surface area contributed by atoms with E-state index >= 15 is 4.39 Å². The summed E-state index contributed by atoms with van der Waals surface area (Å²) in [5.41, 5.74) is 3.00. The number of aliphatic hydroxyl groups is 5. The van der Waals surface area contributed by atoms with E-state index in [1.807, 2.05) is 0 Å². The molecular weight excluding hydrogens is 591 g/mol. The molecule has 3 aromatic rings. The van der Waals surface area contributed by atoms with Crippen molar-refractivity contribution in [3.63, 3.8) is 0 Å². The van der Waals surface area contributed by atoms with E-state index in [1.54, 1.807) is 0 Å². The van der Waals surface area contributed by atoms with Gasteiger partial charge in [-0.15, -0.1) is 0 Å². The van der Waals surface area contributed by atoms with Crippen molar-refractivity contribution in [1.82, 2.24) is 14.9 Å². The van der Waals surface area contributed by atoms with Gasteiger partial charge in [0, 0.05) is 31.9 Å². The number of fused-ring (bicyclic) bond motifs is 1. The van der Waals surface area contributed by atoms with Gasteiger partial charge in [0.15, 0.2) is 23.3 Å². The largest absolute Gasteiger partial charge is 0.459 e. The van der Waals surface area contributed by atoms with Crippen molar-refractivity contribution in [2.24, 2.45) is 0 Å². The van der Waals surface area contributed by atoms with Crippen LogP contribution in [0, 0.1) is 17.5 Å². The second-order valence-corrected chi connectivity index (χ2v) is 10.0. The van der Waals surface area contributed by atoms with Gasteiger partial charge < -0.3 is 46.2 Å². The molecule has 0 aliphatic carbocycles. The Morgan fingerprint density at radius 2 is 1.79 bits per heavy atom. The van der Waals surface area contributed by atoms with Crippen molar-refractivity contribution in [2.45, 2.75) is 30.5 Å². The maximum Gasteiger partial charge on any atom is 0.343 e. The second-order valence-electron chi connectivity index (χ2n) is 9.65. The average Bonchev–Trinajstić information content (AvgIpc) is 2.92. The average molecular weight is 618 g/mol. The molecule has 17 heteroatoms. The predicted octanol–water partition coefficient (Wildman–Crippen LogP) is -0.961. The highest BCUT2D eigenvalue weighted by Gasteiger charge is 2.33. The smallest absolute Gasteiger partial charge is 0.343 e. The first-order valence-electron chi connectivity index (χ1n) is 12.4. The first-order chi connectivity index (χ1) is 19.8. The van der Waals surface area contributed by atoms with Crippen LogP contribution in [-0.4, -0.2) is 105 Å². The van der Waals surface area contributed by atoms with Crippen molar-refractivity contribution in [2.75, 3.05) is 43.9 Å². The van der Waals surface area contributed by atoms with Crippen LogP contribution in [0.5, 0.6) is 0 Å². The first-order valence-corrected chi connectivity index (χ1v) is 12.8. The number of hydrogen-bond acceptors (Lipinski definition) is 12. The zero-order valence-corrected chi connectivity index (χ0v) is 22.6. The number of nitrogens with two attached hydrogens (primary N) is 1. The highest BCUT2D eigenvalue weighted by molar-refractivity contribution is 6.38. The summed E-state index contributed by atoms with van der Waals surface area (Å²) in [7, 11) is 1.47. The van der Waals surface area contributed by atoms with Crippen LogP contribution in [0.25, 0.3) is 16.7 Å². The molecule has 8 N–H and O–H groups in total. The van der Waals surface area contributed by atoms with Crippen molar-refractivity contribution in [3.05, 3.63) is 56.6 Å². The van der Waals surface area contributed by atoms with Gasteiger partial charge in [-0.05, 0) is 13.1 Å². The van der Waals surface area contributed by atoms with Gasteiger partial charge in [0.2, 0.25) is 5.43 Å². The minimum atomic E-state index is -1.97. The molecule has 0 radical (unpaired) electrons. The molecular formula is C25H27ClF3N5O8. The summed E-state index contributed by atoms with van der Waals surface area (Å²) < 4.78 is 49.8. The number of β-amino-alcohol motifs (C(OH)–C–C–N with tert-alkyl or cyclic N) is 1. The summed E-state index contributed by atoms with van der Waals surface area (Å²) in [6, 6.07) is 1.13. The monoisotopic (exact) mass is 617 g/mol. The van der Waals surface area contributed by atoms with Gasteiger partial charge in [-0.3, -0.25) is 9.36 Å². The van der Waals surface area contributed by atoms with Gasteiger partial charge in [-0.2, -0.15) is 0 Å². The van der Waals surface area contributed by atoms with Gasteiger partial charge >= 0.3 is 5.97 Å². The van der Waals surface area contributed by atoms with E-state index in [9.17, 15) is 43.9 Å². The van der Waals surface area contributed by atoms with E-state index in [4.69, 9.17) is 22.1 Å². The number of aliphatic hydroxyl groups excluding tert-OH is 5. The van der Waals surface area contributed by atoms with E-state index in [-0.39, 0.29) is 30.8 Å². The van der Waals surface area contributed by atoms with Crippen LogP contribution in [0.4, 0.5) is 24.7 Å². The summed E-state index contributed by atoms with van der Waals surface area (Å²) >= 11 is 6.50. The number of esters is 1. The number of aromatic nitrogens is 2. The maximum absolute atomic E-state index is 15.2. The number of likely N-dealkylation sites (N-methyl/N-ethyl adjacent to an activating group) is 1. The molecule has 3 heterocycles. The number of nitrogens with one attached hydrogen (secondary N) is 1. The highest BCUT2D eigenvalue weighted by atomic mass is 35.5. The van der Waals surface area contributed by atoms with E-state index < -0.39 is 93.6 Å². The Balaban J connectivity index is 1.79. The maximum atomic E-state index is 15.2. The summed E-state index contributed by atoms with van der Waals surface area (Å²) in [6.45, 7) is -1.11. The molecule has 4 rings (SSSR count). The number of ether oxygens (including phenoxy) is 1. The Kier molecular flexibility index (Phi) is 9.27. The molecule has 0 amide bonds. The Labute approximate surface area is 240 Å². The fourth-order valence-electron chi connectivity index (χ4n) is 4.41. The van der Waals surface area contributed by atoms with Gasteiger partial charge in [0.25, 0.3) is 0 Å². The third-order valence-corrected chi connectivity index (χ3v) is 7.02. The molecule has 4 atom stereocenters. The van der Waals surface area contributed by atoms with Crippen molar-refractivity contribution in [1.29, 1.82) is 0 Å². The number of hydrogen-bond donors (Lipinski definition) is 7. The molecule has 4 unspecified atom stereocenters. The van der Waals surface area contributed by atoms with Crippen molar-refractivity contribution >= 4 is 40.0 Å². The van der Waals surface area contributed by atoms with Crippen LogP contribution >= 0.6 is 11.6 Å². The summed E-state index contributed by atoms with van der Waals surface area (Å²) in [6.07, 6.45) is -7.24. The van der Waals surface area contributed by atoms with E-state index in [0.717, 1.165) is 16.8 Å². The number of rotatable bonds is 10. The Bertz CT molecular complexity index is 1570. The lowest BCUT2D eigenvalue weighted by molar-refractivity contribution is -0.115. The Morgan fingerprint density at radius 1 is 1.14 bits per heavy atom. The third-order valence-electron chi connectivity index (χ3n) is 6.66. The molecule has 1 saturated heterocycles. The van der Waals surface area contributed by atoms with E-state index in [1.165, 1.54) is 11.9 Å². The summed E-state index contributed by atoms with van der Waals surface area (Å²) in [4.78, 5) is 31.3. The molecule has 228 valence electrons. The van der Waals surface area contributed by atoms with Crippen LogP contribution < -0.4 is 21.4 Å². The lowest BCUT2D eigenvalue weighted by Crippen LogP contribution is -2.51. The minimum absolute atomic E-state index is 0.00174. The predicted molar refractivity (Wildman–Crippen MR) is 143 cm³/mol. The number of pyridine rings is 2. The number of halogens is 4. The minimum Gasteiger partial charge on any atom is -0.459 e. The molecule has 1 aliphatic rings.